The Morgan fingerprint density at radius 1 is 0.933 bits per heavy atom. The predicted molar refractivity (Wildman–Crippen MR) is 114 cm³/mol. The van der Waals surface area contributed by atoms with Crippen LogP contribution in [0.5, 0.6) is 0 Å². The van der Waals surface area contributed by atoms with Gasteiger partial charge in [0.25, 0.3) is 5.91 Å². The fraction of sp³-hybridized carbons (Fsp3) is 0.208. The quantitative estimate of drug-likeness (QED) is 0.519. The number of amides is 1. The second-order valence-electron chi connectivity index (χ2n) is 7.65. The van der Waals surface area contributed by atoms with Crippen molar-refractivity contribution in [3.63, 3.8) is 0 Å². The van der Waals surface area contributed by atoms with Crippen LogP contribution in [-0.4, -0.2) is 36.9 Å². The van der Waals surface area contributed by atoms with Crippen molar-refractivity contribution in [3.8, 4) is 0 Å². The van der Waals surface area contributed by atoms with Crippen molar-refractivity contribution in [1.29, 1.82) is 0 Å². The lowest BCUT2D eigenvalue weighted by Crippen LogP contribution is -2.38. The lowest BCUT2D eigenvalue weighted by Gasteiger charge is -2.27. The molecule has 0 radical (unpaired) electrons. The molecule has 4 aromatic rings. The van der Waals surface area contributed by atoms with E-state index in [0.29, 0.717) is 31.7 Å². The van der Waals surface area contributed by atoms with Crippen molar-refractivity contribution >= 4 is 5.91 Å². The minimum atomic E-state index is 0.0198. The van der Waals surface area contributed by atoms with Crippen LogP contribution in [-0.2, 0) is 26.1 Å². The van der Waals surface area contributed by atoms with E-state index in [0.717, 1.165) is 23.4 Å². The molecule has 0 atom stereocenters. The van der Waals surface area contributed by atoms with E-state index < -0.39 is 0 Å². The van der Waals surface area contributed by atoms with Crippen LogP contribution in [0.2, 0.25) is 0 Å². The van der Waals surface area contributed by atoms with Gasteiger partial charge in [0.05, 0.1) is 42.8 Å². The molecule has 6 heteroatoms. The number of rotatable bonds is 5. The standard InChI is InChI=1S/C24H23N5O/c30-24(21-15-25-28(17-21)16-20-9-5-2-6-10-20)27-11-12-29-23(18-27)14-22(26-29)13-19-7-3-1-4-8-19/h1-10,14-15,17H,11-13,16,18H2. The van der Waals surface area contributed by atoms with Crippen LogP contribution < -0.4 is 0 Å². The van der Waals surface area contributed by atoms with Crippen molar-refractivity contribution in [3.05, 3.63) is 107 Å². The molecule has 1 amide bonds. The van der Waals surface area contributed by atoms with E-state index in [-0.39, 0.29) is 5.91 Å². The fourth-order valence-corrected chi connectivity index (χ4v) is 3.90. The third-order valence-electron chi connectivity index (χ3n) is 5.43. The molecule has 1 aliphatic heterocycles. The first-order chi connectivity index (χ1) is 14.7. The van der Waals surface area contributed by atoms with Gasteiger partial charge in [0.1, 0.15) is 0 Å². The van der Waals surface area contributed by atoms with Crippen LogP contribution in [0.4, 0.5) is 0 Å². The van der Waals surface area contributed by atoms with Crippen molar-refractivity contribution in [2.75, 3.05) is 6.54 Å². The summed E-state index contributed by atoms with van der Waals surface area (Å²) in [6.45, 7) is 2.60. The Balaban J connectivity index is 1.26. The molecular weight excluding hydrogens is 374 g/mol. The average molecular weight is 397 g/mol. The fourth-order valence-electron chi connectivity index (χ4n) is 3.90. The first-order valence-electron chi connectivity index (χ1n) is 10.2. The molecular formula is C24H23N5O. The maximum Gasteiger partial charge on any atom is 0.257 e. The van der Waals surface area contributed by atoms with Gasteiger partial charge in [0.2, 0.25) is 0 Å². The summed E-state index contributed by atoms with van der Waals surface area (Å²) >= 11 is 0. The van der Waals surface area contributed by atoms with E-state index in [9.17, 15) is 4.79 Å². The molecule has 2 aromatic heterocycles. The minimum Gasteiger partial charge on any atom is -0.331 e. The van der Waals surface area contributed by atoms with Crippen LogP contribution >= 0.6 is 0 Å². The smallest absolute Gasteiger partial charge is 0.257 e. The number of carbonyl (C=O) groups excluding carboxylic acids is 1. The molecule has 0 saturated carbocycles. The Kier molecular flexibility index (Phi) is 4.89. The summed E-state index contributed by atoms with van der Waals surface area (Å²) in [5, 5.41) is 9.10. The maximum absolute atomic E-state index is 13.0. The SMILES string of the molecule is O=C(c1cnn(Cc2ccccc2)c1)N1CCn2nc(Cc3ccccc3)cc2C1. The van der Waals surface area contributed by atoms with Crippen LogP contribution in [0.3, 0.4) is 0 Å². The van der Waals surface area contributed by atoms with E-state index in [1.807, 2.05) is 56.9 Å². The Hall–Kier alpha value is -3.67. The van der Waals surface area contributed by atoms with E-state index in [1.165, 1.54) is 5.56 Å². The predicted octanol–water partition coefficient (Wildman–Crippen LogP) is 3.37. The number of hydrogen-bond acceptors (Lipinski definition) is 3. The molecule has 3 heterocycles. The van der Waals surface area contributed by atoms with Gasteiger partial charge >= 0.3 is 0 Å². The highest BCUT2D eigenvalue weighted by Gasteiger charge is 2.24. The summed E-state index contributed by atoms with van der Waals surface area (Å²) in [5.74, 6) is 0.0198. The third-order valence-corrected chi connectivity index (χ3v) is 5.43. The first-order valence-corrected chi connectivity index (χ1v) is 10.2. The van der Waals surface area contributed by atoms with Gasteiger partial charge < -0.3 is 4.90 Å². The van der Waals surface area contributed by atoms with Gasteiger partial charge in [-0.3, -0.25) is 14.2 Å². The van der Waals surface area contributed by atoms with Crippen molar-refractivity contribution in [1.82, 2.24) is 24.5 Å². The largest absolute Gasteiger partial charge is 0.331 e. The molecule has 150 valence electrons. The molecule has 30 heavy (non-hydrogen) atoms. The second-order valence-corrected chi connectivity index (χ2v) is 7.65. The molecule has 0 N–H and O–H groups in total. The van der Waals surface area contributed by atoms with Crippen molar-refractivity contribution in [2.24, 2.45) is 0 Å². The Morgan fingerprint density at radius 2 is 1.67 bits per heavy atom. The number of carbonyl (C=O) groups is 1. The molecule has 5 rings (SSSR count). The Bertz CT molecular complexity index is 1150. The summed E-state index contributed by atoms with van der Waals surface area (Å²) in [4.78, 5) is 14.9. The number of hydrogen-bond donors (Lipinski definition) is 0. The first kappa shape index (κ1) is 18.4. The molecule has 0 unspecified atom stereocenters. The van der Waals surface area contributed by atoms with Gasteiger partial charge in [-0.15, -0.1) is 0 Å². The lowest BCUT2D eigenvalue weighted by atomic mass is 10.1. The van der Waals surface area contributed by atoms with Gasteiger partial charge in [0, 0.05) is 19.2 Å². The van der Waals surface area contributed by atoms with Crippen molar-refractivity contribution in [2.45, 2.75) is 26.1 Å². The van der Waals surface area contributed by atoms with Gasteiger partial charge in [0.15, 0.2) is 0 Å². The number of benzene rings is 2. The molecule has 0 saturated heterocycles. The monoisotopic (exact) mass is 397 g/mol. The Morgan fingerprint density at radius 3 is 2.43 bits per heavy atom. The van der Waals surface area contributed by atoms with E-state index in [4.69, 9.17) is 5.10 Å². The van der Waals surface area contributed by atoms with E-state index in [1.54, 1.807) is 6.20 Å². The second kappa shape index (κ2) is 7.99. The zero-order chi connectivity index (χ0) is 20.3. The number of fused-ring (bicyclic) bond motifs is 1. The van der Waals surface area contributed by atoms with Crippen LogP contribution in [0.15, 0.2) is 79.1 Å². The zero-order valence-electron chi connectivity index (χ0n) is 16.7. The van der Waals surface area contributed by atoms with E-state index >= 15 is 0 Å². The van der Waals surface area contributed by atoms with Gasteiger partial charge in [-0.25, -0.2) is 0 Å². The molecule has 0 spiro atoms. The molecule has 0 fully saturated rings. The number of nitrogens with zero attached hydrogens (tertiary/aromatic N) is 5. The average Bonchev–Trinajstić information content (AvgIpc) is 3.40. The topological polar surface area (TPSA) is 56.0 Å². The van der Waals surface area contributed by atoms with Crippen molar-refractivity contribution < 1.29 is 4.79 Å². The highest BCUT2D eigenvalue weighted by Crippen LogP contribution is 2.18. The lowest BCUT2D eigenvalue weighted by molar-refractivity contribution is 0.0706. The molecule has 0 aliphatic carbocycles. The summed E-state index contributed by atoms with van der Waals surface area (Å²) < 4.78 is 3.84. The van der Waals surface area contributed by atoms with Gasteiger partial charge in [-0.05, 0) is 17.2 Å². The number of aromatic nitrogens is 4. The van der Waals surface area contributed by atoms with Crippen LogP contribution in [0.25, 0.3) is 0 Å². The third kappa shape index (κ3) is 3.89. The van der Waals surface area contributed by atoms with Gasteiger partial charge in [-0.1, -0.05) is 60.7 Å². The Labute approximate surface area is 175 Å². The zero-order valence-corrected chi connectivity index (χ0v) is 16.7. The summed E-state index contributed by atoms with van der Waals surface area (Å²) in [6.07, 6.45) is 4.31. The highest BCUT2D eigenvalue weighted by atomic mass is 16.2. The van der Waals surface area contributed by atoms with Crippen LogP contribution in [0.1, 0.15) is 32.9 Å². The summed E-state index contributed by atoms with van der Waals surface area (Å²) in [6, 6.07) is 22.6. The minimum absolute atomic E-state index is 0.0198. The summed E-state index contributed by atoms with van der Waals surface area (Å²) in [7, 11) is 0. The van der Waals surface area contributed by atoms with Gasteiger partial charge in [-0.2, -0.15) is 10.2 Å². The highest BCUT2D eigenvalue weighted by molar-refractivity contribution is 5.93. The molecule has 2 aromatic carbocycles. The molecule has 0 bridgehead atoms. The normalized spacial score (nSPS) is 13.3. The molecule has 6 nitrogen and oxygen atoms in total. The van der Waals surface area contributed by atoms with E-state index in [2.05, 4.69) is 35.4 Å². The summed E-state index contributed by atoms with van der Waals surface area (Å²) in [5.41, 5.74) is 5.15. The molecule has 1 aliphatic rings. The van der Waals surface area contributed by atoms with Crippen LogP contribution in [0, 0.1) is 0 Å². The maximum atomic E-state index is 13.0.